The second-order valence-corrected chi connectivity index (χ2v) is 5.96. The minimum Gasteiger partial charge on any atom is -0.477 e. The maximum atomic E-state index is 12.5. The van der Waals surface area contributed by atoms with E-state index >= 15 is 0 Å². The fourth-order valence-electron chi connectivity index (χ4n) is 2.70. The molecule has 8 heteroatoms. The summed E-state index contributed by atoms with van der Waals surface area (Å²) in [4.78, 5) is 14.2. The molecule has 24 heavy (non-hydrogen) atoms. The van der Waals surface area contributed by atoms with Gasteiger partial charge in [0.25, 0.3) is 5.91 Å². The lowest BCUT2D eigenvalue weighted by Crippen LogP contribution is -2.63. The lowest BCUT2D eigenvalue weighted by molar-refractivity contribution is -0.0826. The zero-order valence-electron chi connectivity index (χ0n) is 14.1. The topological polar surface area (TPSA) is 93.4 Å². The third kappa shape index (κ3) is 2.84. The third-order valence-corrected chi connectivity index (χ3v) is 4.29. The number of amides is 1. The van der Waals surface area contributed by atoms with Gasteiger partial charge >= 0.3 is 0 Å². The van der Waals surface area contributed by atoms with Gasteiger partial charge in [0, 0.05) is 6.07 Å². The molecule has 2 aromatic rings. The second-order valence-electron chi connectivity index (χ2n) is 5.96. The number of carbonyl (C=O) groups excluding carboxylic acids is 1. The Morgan fingerprint density at radius 2 is 2.08 bits per heavy atom. The van der Waals surface area contributed by atoms with E-state index in [0.717, 1.165) is 0 Å². The molecule has 0 bridgehead atoms. The normalized spacial score (nSPS) is 15.9. The van der Waals surface area contributed by atoms with Crippen molar-refractivity contribution in [3.8, 4) is 11.7 Å². The first-order valence-electron chi connectivity index (χ1n) is 8.00. The molecule has 0 unspecified atom stereocenters. The molecule has 8 nitrogen and oxygen atoms in total. The van der Waals surface area contributed by atoms with Crippen molar-refractivity contribution in [2.45, 2.75) is 32.8 Å². The number of carbonyl (C=O) groups is 1. The highest BCUT2D eigenvalue weighted by molar-refractivity contribution is 5.95. The Balaban J connectivity index is 1.78. The van der Waals surface area contributed by atoms with Gasteiger partial charge < -0.3 is 14.7 Å². The van der Waals surface area contributed by atoms with Crippen LogP contribution >= 0.6 is 0 Å². The van der Waals surface area contributed by atoms with Crippen molar-refractivity contribution in [3.05, 3.63) is 29.6 Å². The Labute approximate surface area is 140 Å². The largest absolute Gasteiger partial charge is 0.477 e. The molecular weight excluding hydrogens is 310 g/mol. The summed E-state index contributed by atoms with van der Waals surface area (Å²) in [7, 11) is 0. The van der Waals surface area contributed by atoms with Crippen LogP contribution in [0.25, 0.3) is 5.82 Å². The van der Waals surface area contributed by atoms with Gasteiger partial charge in [-0.2, -0.15) is 5.10 Å². The van der Waals surface area contributed by atoms with Crippen LogP contribution in [-0.2, 0) is 0 Å². The highest BCUT2D eigenvalue weighted by atomic mass is 16.5. The molecule has 0 saturated carbocycles. The molecule has 1 saturated heterocycles. The van der Waals surface area contributed by atoms with Crippen molar-refractivity contribution in [1.29, 1.82) is 0 Å². The number of aliphatic hydroxyl groups is 1. The average molecular weight is 331 g/mol. The van der Waals surface area contributed by atoms with E-state index in [4.69, 9.17) is 4.74 Å². The third-order valence-electron chi connectivity index (χ3n) is 4.29. The number of nitrogens with zero attached hydrogens (tertiary/aromatic N) is 5. The molecule has 0 radical (unpaired) electrons. The summed E-state index contributed by atoms with van der Waals surface area (Å²) >= 11 is 0. The standard InChI is InChI=1S/C16H21N5O3/c1-4-16(23)9-20(10-16)15(22)12-8-17-21(11(12)3)13-6-7-14(19-18-13)24-5-2/h6-8,23H,4-5,9-10H2,1-3H3. The number of rotatable bonds is 5. The number of likely N-dealkylation sites (tertiary alicyclic amines) is 1. The van der Waals surface area contributed by atoms with Crippen LogP contribution in [0.15, 0.2) is 18.3 Å². The van der Waals surface area contributed by atoms with Crippen molar-refractivity contribution in [1.82, 2.24) is 24.9 Å². The van der Waals surface area contributed by atoms with E-state index in [1.54, 1.807) is 21.7 Å². The Morgan fingerprint density at radius 1 is 1.33 bits per heavy atom. The molecule has 0 aliphatic carbocycles. The minimum absolute atomic E-state index is 0.129. The van der Waals surface area contributed by atoms with Crippen LogP contribution in [0.5, 0.6) is 5.88 Å². The van der Waals surface area contributed by atoms with E-state index in [2.05, 4.69) is 15.3 Å². The number of hydrogen-bond donors (Lipinski definition) is 1. The van der Waals surface area contributed by atoms with Gasteiger partial charge in [-0.25, -0.2) is 4.68 Å². The molecule has 0 atom stereocenters. The van der Waals surface area contributed by atoms with E-state index in [1.165, 1.54) is 6.20 Å². The predicted molar refractivity (Wildman–Crippen MR) is 86.2 cm³/mol. The Kier molecular flexibility index (Phi) is 4.23. The monoisotopic (exact) mass is 331 g/mol. The van der Waals surface area contributed by atoms with Gasteiger partial charge in [-0.3, -0.25) is 4.79 Å². The molecule has 2 aromatic heterocycles. The zero-order valence-corrected chi connectivity index (χ0v) is 14.1. The van der Waals surface area contributed by atoms with Gasteiger partial charge in [0.1, 0.15) is 0 Å². The first-order chi connectivity index (χ1) is 11.5. The molecule has 0 spiro atoms. The first kappa shape index (κ1) is 16.4. The van der Waals surface area contributed by atoms with Crippen LogP contribution in [0, 0.1) is 6.92 Å². The Bertz CT molecular complexity index is 735. The molecule has 1 aliphatic rings. The number of ether oxygens (including phenoxy) is 1. The summed E-state index contributed by atoms with van der Waals surface area (Å²) in [5.74, 6) is 0.834. The molecule has 1 fully saturated rings. The average Bonchev–Trinajstić information content (AvgIpc) is 2.94. The predicted octanol–water partition coefficient (Wildman–Crippen LogP) is 0.966. The molecule has 3 heterocycles. The summed E-state index contributed by atoms with van der Waals surface area (Å²) in [6, 6.07) is 3.46. The van der Waals surface area contributed by atoms with Crippen molar-refractivity contribution < 1.29 is 14.6 Å². The second kappa shape index (κ2) is 6.20. The molecule has 1 N–H and O–H groups in total. The smallest absolute Gasteiger partial charge is 0.257 e. The quantitative estimate of drug-likeness (QED) is 0.877. The van der Waals surface area contributed by atoms with Crippen LogP contribution in [0.2, 0.25) is 0 Å². The summed E-state index contributed by atoms with van der Waals surface area (Å²) < 4.78 is 6.84. The molecule has 1 aliphatic heterocycles. The lowest BCUT2D eigenvalue weighted by atomic mass is 9.91. The van der Waals surface area contributed by atoms with Crippen LogP contribution < -0.4 is 4.74 Å². The molecule has 0 aromatic carbocycles. The highest BCUT2D eigenvalue weighted by Gasteiger charge is 2.42. The lowest BCUT2D eigenvalue weighted by Gasteiger charge is -2.46. The number of aromatic nitrogens is 4. The van der Waals surface area contributed by atoms with Crippen LogP contribution in [-0.4, -0.2) is 61.2 Å². The van der Waals surface area contributed by atoms with Crippen molar-refractivity contribution in [2.24, 2.45) is 0 Å². The molecule has 128 valence electrons. The van der Waals surface area contributed by atoms with Crippen LogP contribution in [0.3, 0.4) is 0 Å². The number of β-amino-alcohol motifs (C(OH)–C–C–N with tert-alkyl or cyclic N) is 1. The summed E-state index contributed by atoms with van der Waals surface area (Å²) in [6.07, 6.45) is 2.16. The van der Waals surface area contributed by atoms with Gasteiger partial charge in [0.2, 0.25) is 5.88 Å². The number of hydrogen-bond acceptors (Lipinski definition) is 6. The minimum atomic E-state index is -0.750. The van der Waals surface area contributed by atoms with Gasteiger partial charge in [-0.05, 0) is 26.3 Å². The van der Waals surface area contributed by atoms with Crippen molar-refractivity contribution in [3.63, 3.8) is 0 Å². The SMILES string of the molecule is CCOc1ccc(-n2ncc(C(=O)N3CC(O)(CC)C3)c2C)nn1. The van der Waals surface area contributed by atoms with E-state index in [9.17, 15) is 9.90 Å². The molecule has 3 rings (SSSR count). The van der Waals surface area contributed by atoms with Crippen molar-refractivity contribution >= 4 is 5.91 Å². The first-order valence-corrected chi connectivity index (χ1v) is 8.00. The van der Waals surface area contributed by atoms with E-state index in [0.29, 0.717) is 49.1 Å². The Morgan fingerprint density at radius 3 is 2.67 bits per heavy atom. The van der Waals surface area contributed by atoms with Gasteiger partial charge in [0.05, 0.1) is 42.8 Å². The van der Waals surface area contributed by atoms with Crippen LogP contribution in [0.4, 0.5) is 0 Å². The maximum Gasteiger partial charge on any atom is 0.257 e. The van der Waals surface area contributed by atoms with Crippen molar-refractivity contribution in [2.75, 3.05) is 19.7 Å². The summed E-state index contributed by atoms with van der Waals surface area (Å²) in [5, 5.41) is 22.4. The maximum absolute atomic E-state index is 12.5. The van der Waals surface area contributed by atoms with Gasteiger partial charge in [-0.15, -0.1) is 10.2 Å². The van der Waals surface area contributed by atoms with E-state index in [1.807, 2.05) is 20.8 Å². The highest BCUT2D eigenvalue weighted by Crippen LogP contribution is 2.26. The fraction of sp³-hybridized carbons (Fsp3) is 0.500. The molecular formula is C16H21N5O3. The van der Waals surface area contributed by atoms with E-state index in [-0.39, 0.29) is 5.91 Å². The summed E-state index contributed by atoms with van der Waals surface area (Å²) in [6.45, 7) is 6.83. The fourth-order valence-corrected chi connectivity index (χ4v) is 2.70. The van der Waals surface area contributed by atoms with Gasteiger partial charge in [0.15, 0.2) is 5.82 Å². The zero-order chi connectivity index (χ0) is 17.3. The Hall–Kier alpha value is -2.48. The summed E-state index contributed by atoms with van der Waals surface area (Å²) in [5.41, 5.74) is 0.439. The molecule has 1 amide bonds. The van der Waals surface area contributed by atoms with Gasteiger partial charge in [-0.1, -0.05) is 6.92 Å². The van der Waals surface area contributed by atoms with E-state index < -0.39 is 5.60 Å². The van der Waals surface area contributed by atoms with Crippen LogP contribution in [0.1, 0.15) is 36.3 Å².